The molecule has 0 saturated carbocycles. The number of nitrogens with zero attached hydrogens (tertiary/aromatic N) is 2. The normalized spacial score (nSPS) is 10.4. The highest BCUT2D eigenvalue weighted by atomic mass is 35.5. The summed E-state index contributed by atoms with van der Waals surface area (Å²) < 4.78 is 5.19. The van der Waals surface area contributed by atoms with Crippen LogP contribution in [0.1, 0.15) is 16.1 Å². The average Bonchev–Trinajstić information content (AvgIpc) is 2.90. The van der Waals surface area contributed by atoms with E-state index in [0.717, 1.165) is 12.1 Å². The van der Waals surface area contributed by atoms with Crippen LogP contribution in [0.4, 0.5) is 11.4 Å². The van der Waals surface area contributed by atoms with Gasteiger partial charge in [-0.3, -0.25) is 10.1 Å². The molecule has 0 aliphatic heterocycles. The number of hydrogen-bond acceptors (Lipinski definition) is 5. The van der Waals surface area contributed by atoms with Crippen molar-refractivity contribution in [2.45, 2.75) is 6.54 Å². The van der Waals surface area contributed by atoms with E-state index < -0.39 is 10.9 Å². The van der Waals surface area contributed by atoms with Gasteiger partial charge in [0.2, 0.25) is 0 Å². The molecular formula is C13H11ClN2O5. The Morgan fingerprint density at radius 1 is 1.52 bits per heavy atom. The zero-order chi connectivity index (χ0) is 15.6. The number of nitro groups is 1. The van der Waals surface area contributed by atoms with Crippen LogP contribution in [0.15, 0.2) is 34.9 Å². The van der Waals surface area contributed by atoms with Crippen molar-refractivity contribution in [2.75, 3.05) is 11.9 Å². The van der Waals surface area contributed by atoms with Crippen LogP contribution in [0, 0.1) is 10.1 Å². The molecule has 110 valence electrons. The van der Waals surface area contributed by atoms with Gasteiger partial charge in [0.05, 0.1) is 34.0 Å². The van der Waals surface area contributed by atoms with Gasteiger partial charge < -0.3 is 14.4 Å². The van der Waals surface area contributed by atoms with Gasteiger partial charge in [0, 0.05) is 19.2 Å². The van der Waals surface area contributed by atoms with Gasteiger partial charge in [-0.1, -0.05) is 11.6 Å². The topological polar surface area (TPSA) is 96.8 Å². The number of benzene rings is 1. The Balaban J connectivity index is 2.46. The number of halogens is 1. The molecule has 1 heterocycles. The number of carboxylic acid groups (broad SMARTS) is 1. The van der Waals surface area contributed by atoms with Gasteiger partial charge in [-0.15, -0.1) is 0 Å². The van der Waals surface area contributed by atoms with Crippen LogP contribution in [0.5, 0.6) is 0 Å². The van der Waals surface area contributed by atoms with Crippen LogP contribution in [0.2, 0.25) is 5.02 Å². The lowest BCUT2D eigenvalue weighted by atomic mass is 10.1. The Bertz CT molecular complexity index is 684. The Morgan fingerprint density at radius 3 is 2.76 bits per heavy atom. The predicted molar refractivity (Wildman–Crippen MR) is 75.9 cm³/mol. The second-order valence-corrected chi connectivity index (χ2v) is 4.73. The first kappa shape index (κ1) is 14.9. The van der Waals surface area contributed by atoms with Crippen LogP contribution in [-0.4, -0.2) is 23.0 Å². The molecule has 0 radical (unpaired) electrons. The van der Waals surface area contributed by atoms with Crippen molar-refractivity contribution < 1.29 is 19.2 Å². The lowest BCUT2D eigenvalue weighted by Gasteiger charge is -2.21. The van der Waals surface area contributed by atoms with Crippen LogP contribution in [-0.2, 0) is 6.54 Å². The quantitative estimate of drug-likeness (QED) is 0.673. The highest BCUT2D eigenvalue weighted by molar-refractivity contribution is 6.34. The molecule has 2 aromatic rings. The van der Waals surface area contributed by atoms with Crippen molar-refractivity contribution in [2.24, 2.45) is 0 Å². The maximum absolute atomic E-state index is 11.3. The molecule has 0 atom stereocenters. The molecule has 2 rings (SSSR count). The summed E-state index contributed by atoms with van der Waals surface area (Å²) in [6, 6.07) is 5.55. The fourth-order valence-corrected chi connectivity index (χ4v) is 2.31. The third-order valence-electron chi connectivity index (χ3n) is 2.84. The zero-order valence-corrected chi connectivity index (χ0v) is 11.7. The lowest BCUT2D eigenvalue weighted by Crippen LogP contribution is -2.20. The first-order valence-corrected chi connectivity index (χ1v) is 6.22. The first-order chi connectivity index (χ1) is 9.90. The maximum Gasteiger partial charge on any atom is 0.338 e. The van der Waals surface area contributed by atoms with Gasteiger partial charge in [-0.05, 0) is 12.1 Å². The second-order valence-electron chi connectivity index (χ2n) is 4.32. The van der Waals surface area contributed by atoms with E-state index in [4.69, 9.17) is 16.0 Å². The molecule has 0 aliphatic carbocycles. The van der Waals surface area contributed by atoms with E-state index in [2.05, 4.69) is 0 Å². The maximum atomic E-state index is 11.3. The van der Waals surface area contributed by atoms with E-state index in [9.17, 15) is 20.0 Å². The van der Waals surface area contributed by atoms with Crippen LogP contribution in [0.3, 0.4) is 0 Å². The van der Waals surface area contributed by atoms with Crippen LogP contribution in [0.25, 0.3) is 0 Å². The number of non-ortho nitro benzene ring substituents is 1. The van der Waals surface area contributed by atoms with Crippen molar-refractivity contribution >= 4 is 28.9 Å². The second kappa shape index (κ2) is 5.84. The molecule has 21 heavy (non-hydrogen) atoms. The van der Waals surface area contributed by atoms with Gasteiger partial charge in [0.25, 0.3) is 5.69 Å². The number of rotatable bonds is 5. The Hall–Kier alpha value is -2.54. The summed E-state index contributed by atoms with van der Waals surface area (Å²) in [5.74, 6) is -0.676. The molecule has 8 heteroatoms. The molecule has 0 unspecified atom stereocenters. The molecule has 0 bridgehead atoms. The number of nitro benzene ring substituents is 1. The number of hydrogen-bond donors (Lipinski definition) is 1. The minimum Gasteiger partial charge on any atom is -0.478 e. The van der Waals surface area contributed by atoms with Crippen molar-refractivity contribution in [1.29, 1.82) is 0 Å². The molecule has 1 aromatic carbocycles. The standard InChI is InChI=1S/C13H11ClN2O5/c1-15(7-9-3-2-4-21-9)12-10(13(17)18)5-8(16(19)20)6-11(12)14/h2-6H,7H2,1H3,(H,17,18). The number of carbonyl (C=O) groups is 1. The molecule has 0 spiro atoms. The van der Waals surface area contributed by atoms with Crippen molar-refractivity contribution in [1.82, 2.24) is 0 Å². The Morgan fingerprint density at radius 2 is 2.24 bits per heavy atom. The molecule has 1 aromatic heterocycles. The molecule has 0 aliphatic rings. The summed E-state index contributed by atoms with van der Waals surface area (Å²) in [6.07, 6.45) is 1.50. The van der Waals surface area contributed by atoms with Crippen molar-refractivity contribution in [3.8, 4) is 0 Å². The number of anilines is 1. The Labute approximate surface area is 124 Å². The summed E-state index contributed by atoms with van der Waals surface area (Å²) in [4.78, 5) is 23.0. The Kier molecular flexibility index (Phi) is 4.13. The fraction of sp³-hybridized carbons (Fsp3) is 0.154. The summed E-state index contributed by atoms with van der Waals surface area (Å²) in [6.45, 7) is 0.283. The largest absolute Gasteiger partial charge is 0.478 e. The van der Waals surface area contributed by atoms with Crippen LogP contribution >= 0.6 is 11.6 Å². The van der Waals surface area contributed by atoms with Crippen molar-refractivity contribution in [3.05, 3.63) is 57.0 Å². The lowest BCUT2D eigenvalue weighted by molar-refractivity contribution is -0.384. The van der Waals surface area contributed by atoms with Gasteiger partial charge in [-0.2, -0.15) is 0 Å². The smallest absolute Gasteiger partial charge is 0.338 e. The molecule has 0 fully saturated rings. The van der Waals surface area contributed by atoms with Gasteiger partial charge in [0.1, 0.15) is 5.76 Å². The van der Waals surface area contributed by atoms with E-state index in [1.54, 1.807) is 24.1 Å². The van der Waals surface area contributed by atoms with Gasteiger partial charge in [0.15, 0.2) is 0 Å². The molecule has 1 N–H and O–H groups in total. The predicted octanol–water partition coefficient (Wildman–Crippen LogP) is 3.18. The summed E-state index contributed by atoms with van der Waals surface area (Å²) in [5, 5.41) is 20.0. The molecule has 0 amide bonds. The van der Waals surface area contributed by atoms with Gasteiger partial charge in [-0.25, -0.2) is 4.79 Å². The molecular weight excluding hydrogens is 300 g/mol. The third-order valence-corrected chi connectivity index (χ3v) is 3.13. The minimum atomic E-state index is -1.29. The average molecular weight is 311 g/mol. The molecule has 0 saturated heterocycles. The van der Waals surface area contributed by atoms with Gasteiger partial charge >= 0.3 is 5.97 Å². The summed E-state index contributed by atoms with van der Waals surface area (Å²) in [7, 11) is 1.63. The SMILES string of the molecule is CN(Cc1ccco1)c1c(Cl)cc([N+](=O)[O-])cc1C(=O)O. The summed E-state index contributed by atoms with van der Waals surface area (Å²) >= 11 is 6.02. The van der Waals surface area contributed by atoms with E-state index in [0.29, 0.717) is 5.76 Å². The van der Waals surface area contributed by atoms with E-state index in [1.807, 2.05) is 0 Å². The van der Waals surface area contributed by atoms with E-state index in [1.165, 1.54) is 6.26 Å². The minimum absolute atomic E-state index is 0.00402. The molecule has 7 nitrogen and oxygen atoms in total. The highest BCUT2D eigenvalue weighted by Crippen LogP contribution is 2.34. The number of furan rings is 1. The van der Waals surface area contributed by atoms with Crippen molar-refractivity contribution in [3.63, 3.8) is 0 Å². The van der Waals surface area contributed by atoms with Crippen LogP contribution < -0.4 is 4.90 Å². The fourth-order valence-electron chi connectivity index (χ4n) is 1.96. The zero-order valence-electron chi connectivity index (χ0n) is 10.9. The number of carboxylic acids is 1. The monoisotopic (exact) mass is 310 g/mol. The first-order valence-electron chi connectivity index (χ1n) is 5.85. The highest BCUT2D eigenvalue weighted by Gasteiger charge is 2.23. The summed E-state index contributed by atoms with van der Waals surface area (Å²) in [5.41, 5.74) is -0.401. The number of aromatic carboxylic acids is 1. The van der Waals surface area contributed by atoms with E-state index >= 15 is 0 Å². The van der Waals surface area contributed by atoms with E-state index in [-0.39, 0.29) is 28.5 Å². The third kappa shape index (κ3) is 3.14.